The van der Waals surface area contributed by atoms with Crippen LogP contribution in [0.25, 0.3) is 0 Å². The lowest BCUT2D eigenvalue weighted by molar-refractivity contribution is -0.146. The number of nitrogens with zero attached hydrogens (tertiary/aromatic N) is 1. The number of thioether (sulfide) groups is 1. The van der Waals surface area contributed by atoms with Gasteiger partial charge in [0.15, 0.2) is 5.78 Å². The van der Waals surface area contributed by atoms with Gasteiger partial charge >= 0.3 is 0 Å². The van der Waals surface area contributed by atoms with Gasteiger partial charge in [0.25, 0.3) is 0 Å². The number of likely N-dealkylation sites (tertiary alicyclic amines) is 1. The molecule has 192 valence electrons. The second kappa shape index (κ2) is 9.55. The third-order valence-electron chi connectivity index (χ3n) is 8.25. The summed E-state index contributed by atoms with van der Waals surface area (Å²) >= 11 is 1.57. The number of nitrogens with one attached hydrogen (secondary N) is 1. The molecule has 0 radical (unpaired) electrons. The van der Waals surface area contributed by atoms with E-state index in [-0.39, 0.29) is 29.4 Å². The summed E-state index contributed by atoms with van der Waals surface area (Å²) in [6.07, 6.45) is 2.31. The van der Waals surface area contributed by atoms with Gasteiger partial charge in [-0.25, -0.2) is 0 Å². The summed E-state index contributed by atoms with van der Waals surface area (Å²) in [5.74, 6) is -1.79. The van der Waals surface area contributed by atoms with Crippen molar-refractivity contribution in [3.05, 3.63) is 101 Å². The average Bonchev–Trinajstić information content (AvgIpc) is 3.19. The van der Waals surface area contributed by atoms with Crippen LogP contribution in [0.1, 0.15) is 57.8 Å². The monoisotopic (exact) mass is 524 g/mol. The normalized spacial score (nSPS) is 23.5. The van der Waals surface area contributed by atoms with E-state index in [0.29, 0.717) is 23.4 Å². The zero-order chi connectivity index (χ0) is 26.6. The number of anilines is 1. The van der Waals surface area contributed by atoms with Gasteiger partial charge in [-0.2, -0.15) is 11.8 Å². The van der Waals surface area contributed by atoms with Crippen molar-refractivity contribution in [3.8, 4) is 0 Å². The van der Waals surface area contributed by atoms with Crippen LogP contribution in [0.5, 0.6) is 0 Å². The predicted octanol–water partition coefficient (Wildman–Crippen LogP) is 4.84. The molecule has 7 rings (SSSR count). The first kappa shape index (κ1) is 24.6. The van der Waals surface area contributed by atoms with Crippen molar-refractivity contribution in [1.82, 2.24) is 4.90 Å². The third-order valence-corrected chi connectivity index (χ3v) is 8.90. The number of ketones is 1. The smallest absolute Gasteiger partial charge is 0.247 e. The van der Waals surface area contributed by atoms with Crippen LogP contribution in [0.15, 0.2) is 72.8 Å². The van der Waals surface area contributed by atoms with Crippen molar-refractivity contribution in [1.29, 1.82) is 0 Å². The molecule has 38 heavy (non-hydrogen) atoms. The van der Waals surface area contributed by atoms with Crippen molar-refractivity contribution >= 4 is 41.0 Å². The minimum Gasteiger partial charge on any atom is -0.324 e. The van der Waals surface area contributed by atoms with E-state index in [9.17, 15) is 19.2 Å². The van der Waals surface area contributed by atoms with Crippen LogP contribution < -0.4 is 5.32 Å². The topological polar surface area (TPSA) is 83.6 Å². The summed E-state index contributed by atoms with van der Waals surface area (Å²) in [5.41, 5.74) is 5.50. The molecule has 1 N–H and O–H groups in total. The van der Waals surface area contributed by atoms with Crippen LogP contribution in [-0.2, 0) is 14.4 Å². The van der Waals surface area contributed by atoms with Gasteiger partial charge in [-0.15, -0.1) is 0 Å². The van der Waals surface area contributed by atoms with Crippen molar-refractivity contribution < 1.29 is 19.2 Å². The minimum absolute atomic E-state index is 0.0618. The maximum atomic E-state index is 14.1. The summed E-state index contributed by atoms with van der Waals surface area (Å²) in [6, 6.07) is 22.0. The highest BCUT2D eigenvalue weighted by molar-refractivity contribution is 7.98. The molecule has 2 bridgehead atoms. The quantitative estimate of drug-likeness (QED) is 0.353. The number of carbonyl (C=O) groups excluding carboxylic acids is 4. The molecule has 3 atom stereocenters. The van der Waals surface area contributed by atoms with Gasteiger partial charge < -0.3 is 5.32 Å². The molecular weight excluding hydrogens is 496 g/mol. The lowest BCUT2D eigenvalue weighted by atomic mass is 9.55. The van der Waals surface area contributed by atoms with E-state index in [1.54, 1.807) is 36.0 Å². The fraction of sp³-hybridized carbons (Fsp3) is 0.290. The molecule has 0 unspecified atom stereocenters. The first-order chi connectivity index (χ1) is 18.4. The number of hydrogen-bond donors (Lipinski definition) is 1. The summed E-state index contributed by atoms with van der Waals surface area (Å²) < 4.78 is 0. The SMILES string of the molecule is CSCC[C@H](C(=O)Nc1ccc(C(C)=O)cc1)N1C(=O)[C@@H]2C3c4ccccc4C(c4ccccc43)[C@H]2C1=O. The highest BCUT2D eigenvalue weighted by atomic mass is 32.2. The molecule has 3 aliphatic carbocycles. The number of amides is 3. The molecule has 1 heterocycles. The number of Topliss-reactive ketones (excluding diaryl/α,β-unsaturated/α-hetero) is 1. The van der Waals surface area contributed by atoms with Gasteiger partial charge in [-0.05, 0) is 71.9 Å². The Balaban J connectivity index is 1.36. The lowest BCUT2D eigenvalue weighted by Crippen LogP contribution is -2.48. The first-order valence-corrected chi connectivity index (χ1v) is 14.3. The largest absolute Gasteiger partial charge is 0.324 e. The van der Waals surface area contributed by atoms with E-state index in [1.807, 2.05) is 30.5 Å². The summed E-state index contributed by atoms with van der Waals surface area (Å²) in [5, 5.41) is 2.88. The standard InChI is InChI=1S/C31H28N2O4S/c1-17(34)18-11-13-19(14-12-18)32-29(35)24(15-16-38-2)33-30(36)27-25-20-7-3-4-8-21(20)26(28(27)31(33)37)23-10-6-5-9-22(23)25/h3-14,24-28H,15-16H2,1-2H3,(H,32,35)/t24-,25?,26?,27-,28-/m1/s1. The predicted molar refractivity (Wildman–Crippen MR) is 147 cm³/mol. The summed E-state index contributed by atoms with van der Waals surface area (Å²) in [6.45, 7) is 1.49. The summed E-state index contributed by atoms with van der Waals surface area (Å²) in [7, 11) is 0. The molecule has 0 aromatic heterocycles. The Hall–Kier alpha value is -3.71. The Labute approximate surface area is 225 Å². The van der Waals surface area contributed by atoms with Crippen LogP contribution in [0.4, 0.5) is 5.69 Å². The molecular formula is C31H28N2O4S. The zero-order valence-corrected chi connectivity index (χ0v) is 22.0. The average molecular weight is 525 g/mol. The molecule has 0 saturated carbocycles. The Kier molecular flexibility index (Phi) is 6.19. The number of rotatable bonds is 7. The number of imide groups is 1. The number of carbonyl (C=O) groups is 4. The molecule has 0 spiro atoms. The molecule has 4 aliphatic rings. The summed E-state index contributed by atoms with van der Waals surface area (Å²) in [4.78, 5) is 54.7. The molecule has 6 nitrogen and oxygen atoms in total. The first-order valence-electron chi connectivity index (χ1n) is 12.9. The van der Waals surface area contributed by atoms with Crippen LogP contribution in [0.2, 0.25) is 0 Å². The Morgan fingerprint density at radius 3 is 1.71 bits per heavy atom. The van der Waals surface area contributed by atoms with Crippen molar-refractivity contribution in [2.24, 2.45) is 11.8 Å². The molecule has 1 fully saturated rings. The maximum Gasteiger partial charge on any atom is 0.247 e. The van der Waals surface area contributed by atoms with Gasteiger partial charge in [-0.1, -0.05) is 48.5 Å². The zero-order valence-electron chi connectivity index (χ0n) is 21.2. The van der Waals surface area contributed by atoms with Crippen LogP contribution in [0.3, 0.4) is 0 Å². The van der Waals surface area contributed by atoms with Gasteiger partial charge in [0.05, 0.1) is 11.8 Å². The van der Waals surface area contributed by atoms with Crippen LogP contribution in [0, 0.1) is 11.8 Å². The van der Waals surface area contributed by atoms with E-state index in [1.165, 1.54) is 11.8 Å². The fourth-order valence-electron chi connectivity index (χ4n) is 6.63. The Morgan fingerprint density at radius 1 is 0.816 bits per heavy atom. The molecule has 3 aromatic carbocycles. The van der Waals surface area contributed by atoms with E-state index in [2.05, 4.69) is 29.6 Å². The minimum atomic E-state index is -0.911. The van der Waals surface area contributed by atoms with Gasteiger partial charge in [0, 0.05) is 23.1 Å². The number of benzene rings is 3. The molecule has 7 heteroatoms. The molecule has 1 saturated heterocycles. The van der Waals surface area contributed by atoms with E-state index >= 15 is 0 Å². The van der Waals surface area contributed by atoms with Crippen molar-refractivity contribution in [2.45, 2.75) is 31.2 Å². The van der Waals surface area contributed by atoms with Gasteiger partial charge in [0.1, 0.15) is 6.04 Å². The highest BCUT2D eigenvalue weighted by Crippen LogP contribution is 2.61. The van der Waals surface area contributed by atoms with E-state index < -0.39 is 23.8 Å². The van der Waals surface area contributed by atoms with Crippen LogP contribution in [-0.4, -0.2) is 46.5 Å². The number of hydrogen-bond acceptors (Lipinski definition) is 5. The van der Waals surface area contributed by atoms with Gasteiger partial charge in [-0.3, -0.25) is 24.1 Å². The van der Waals surface area contributed by atoms with Crippen molar-refractivity contribution in [2.75, 3.05) is 17.3 Å². The lowest BCUT2D eigenvalue weighted by Gasteiger charge is -2.45. The van der Waals surface area contributed by atoms with Crippen LogP contribution >= 0.6 is 11.8 Å². The van der Waals surface area contributed by atoms with Gasteiger partial charge in [0.2, 0.25) is 17.7 Å². The second-order valence-corrected chi connectivity index (χ2v) is 11.2. The third kappa shape index (κ3) is 3.71. The van der Waals surface area contributed by atoms with E-state index in [0.717, 1.165) is 22.3 Å². The molecule has 1 aliphatic heterocycles. The van der Waals surface area contributed by atoms with Crippen molar-refractivity contribution in [3.63, 3.8) is 0 Å². The molecule has 3 amide bonds. The maximum absolute atomic E-state index is 14.1. The second-order valence-electron chi connectivity index (χ2n) is 10.2. The fourth-order valence-corrected chi connectivity index (χ4v) is 7.09. The molecule has 3 aromatic rings. The highest BCUT2D eigenvalue weighted by Gasteiger charge is 2.62. The Bertz CT molecular complexity index is 1350. The Morgan fingerprint density at radius 2 is 1.29 bits per heavy atom. The van der Waals surface area contributed by atoms with E-state index in [4.69, 9.17) is 0 Å².